The zero-order chi connectivity index (χ0) is 19.5. The van der Waals surface area contributed by atoms with Crippen molar-refractivity contribution >= 4 is 17.0 Å². The molecule has 0 amide bonds. The van der Waals surface area contributed by atoms with Crippen molar-refractivity contribution in [3.8, 4) is 17.1 Å². The standard InChI is InChI=1S/C23H20N2O3/c1-15-3-5-16(6-4-15)14-28-19-10-7-17(8-11-19)22-24-20-12-9-18(23(26)27-2)13-21(20)25-22/h3-13H,14H2,1-2H3,(H,24,25). The topological polar surface area (TPSA) is 64.2 Å². The number of aromatic amines is 1. The molecular formula is C23H20N2O3. The SMILES string of the molecule is COC(=O)c1ccc2nc(-c3ccc(OCc4ccc(C)cc4)cc3)[nH]c2c1. The molecule has 4 rings (SSSR count). The number of aryl methyl sites for hydroxylation is 1. The van der Waals surface area contributed by atoms with Crippen molar-refractivity contribution < 1.29 is 14.3 Å². The first kappa shape index (κ1) is 17.8. The highest BCUT2D eigenvalue weighted by Gasteiger charge is 2.10. The van der Waals surface area contributed by atoms with Crippen molar-refractivity contribution in [3.63, 3.8) is 0 Å². The smallest absolute Gasteiger partial charge is 0.337 e. The van der Waals surface area contributed by atoms with E-state index in [4.69, 9.17) is 9.47 Å². The number of nitrogens with zero attached hydrogens (tertiary/aromatic N) is 1. The first-order chi connectivity index (χ1) is 13.6. The predicted molar refractivity (Wildman–Crippen MR) is 108 cm³/mol. The van der Waals surface area contributed by atoms with Gasteiger partial charge in [-0.25, -0.2) is 9.78 Å². The monoisotopic (exact) mass is 372 g/mol. The summed E-state index contributed by atoms with van der Waals surface area (Å²) < 4.78 is 10.6. The molecule has 5 heteroatoms. The summed E-state index contributed by atoms with van der Waals surface area (Å²) in [6.07, 6.45) is 0. The summed E-state index contributed by atoms with van der Waals surface area (Å²) in [7, 11) is 1.37. The van der Waals surface area contributed by atoms with E-state index in [1.54, 1.807) is 18.2 Å². The summed E-state index contributed by atoms with van der Waals surface area (Å²) >= 11 is 0. The summed E-state index contributed by atoms with van der Waals surface area (Å²) in [6.45, 7) is 2.60. The van der Waals surface area contributed by atoms with E-state index in [0.29, 0.717) is 12.2 Å². The fourth-order valence-corrected chi connectivity index (χ4v) is 2.95. The van der Waals surface area contributed by atoms with Gasteiger partial charge >= 0.3 is 5.97 Å². The van der Waals surface area contributed by atoms with Crippen molar-refractivity contribution in [2.45, 2.75) is 13.5 Å². The molecule has 0 aliphatic rings. The van der Waals surface area contributed by atoms with E-state index < -0.39 is 0 Å². The van der Waals surface area contributed by atoms with Crippen LogP contribution in [-0.2, 0) is 11.3 Å². The van der Waals surface area contributed by atoms with E-state index in [9.17, 15) is 4.79 Å². The number of carbonyl (C=O) groups is 1. The van der Waals surface area contributed by atoms with Crippen LogP contribution < -0.4 is 4.74 Å². The van der Waals surface area contributed by atoms with Gasteiger partial charge in [0.1, 0.15) is 18.2 Å². The van der Waals surface area contributed by atoms with Crippen LogP contribution in [0, 0.1) is 6.92 Å². The average Bonchev–Trinajstić information content (AvgIpc) is 3.16. The number of rotatable bonds is 5. The van der Waals surface area contributed by atoms with Crippen LogP contribution in [0.25, 0.3) is 22.4 Å². The third-order valence-corrected chi connectivity index (χ3v) is 4.56. The van der Waals surface area contributed by atoms with E-state index in [2.05, 4.69) is 41.2 Å². The largest absolute Gasteiger partial charge is 0.489 e. The maximum absolute atomic E-state index is 11.7. The Labute approximate surface area is 163 Å². The summed E-state index contributed by atoms with van der Waals surface area (Å²) in [5, 5.41) is 0. The Hall–Kier alpha value is -3.60. The number of carbonyl (C=O) groups excluding carboxylic acids is 1. The van der Waals surface area contributed by atoms with Crippen LogP contribution in [-0.4, -0.2) is 23.0 Å². The quantitative estimate of drug-likeness (QED) is 0.506. The van der Waals surface area contributed by atoms with Crippen LogP contribution in [0.4, 0.5) is 0 Å². The molecule has 1 aromatic heterocycles. The van der Waals surface area contributed by atoms with E-state index in [0.717, 1.165) is 33.7 Å². The second-order valence-electron chi connectivity index (χ2n) is 6.61. The Balaban J connectivity index is 1.50. The Bertz CT molecular complexity index is 1110. The number of esters is 1. The Kier molecular flexibility index (Phi) is 4.81. The number of fused-ring (bicyclic) bond motifs is 1. The van der Waals surface area contributed by atoms with E-state index in [-0.39, 0.29) is 5.97 Å². The summed E-state index contributed by atoms with van der Waals surface area (Å²) in [4.78, 5) is 19.5. The minimum Gasteiger partial charge on any atom is -0.489 e. The third-order valence-electron chi connectivity index (χ3n) is 4.56. The molecule has 28 heavy (non-hydrogen) atoms. The van der Waals surface area contributed by atoms with Gasteiger partial charge in [0, 0.05) is 5.56 Å². The van der Waals surface area contributed by atoms with Gasteiger partial charge in [-0.1, -0.05) is 29.8 Å². The van der Waals surface area contributed by atoms with E-state index in [1.807, 2.05) is 24.3 Å². The Morgan fingerprint density at radius 3 is 2.46 bits per heavy atom. The molecule has 140 valence electrons. The normalized spacial score (nSPS) is 10.8. The lowest BCUT2D eigenvalue weighted by Gasteiger charge is -2.07. The molecule has 4 aromatic rings. The average molecular weight is 372 g/mol. The number of methoxy groups -OCH3 is 1. The highest BCUT2D eigenvalue weighted by molar-refractivity contribution is 5.94. The number of hydrogen-bond donors (Lipinski definition) is 1. The Morgan fingerprint density at radius 1 is 1.00 bits per heavy atom. The second-order valence-corrected chi connectivity index (χ2v) is 6.61. The van der Waals surface area contributed by atoms with Crippen molar-refractivity contribution in [1.82, 2.24) is 9.97 Å². The minimum absolute atomic E-state index is 0.367. The molecule has 3 aromatic carbocycles. The molecule has 0 fully saturated rings. The molecule has 0 atom stereocenters. The maximum atomic E-state index is 11.7. The molecule has 0 spiro atoms. The molecule has 0 radical (unpaired) electrons. The first-order valence-corrected chi connectivity index (χ1v) is 8.99. The zero-order valence-corrected chi connectivity index (χ0v) is 15.7. The molecule has 0 saturated heterocycles. The van der Waals surface area contributed by atoms with E-state index >= 15 is 0 Å². The van der Waals surface area contributed by atoms with Gasteiger partial charge in [0.2, 0.25) is 0 Å². The van der Waals surface area contributed by atoms with Gasteiger partial charge in [0.25, 0.3) is 0 Å². The summed E-state index contributed by atoms with van der Waals surface area (Å²) in [5.41, 5.74) is 5.38. The molecular weight excluding hydrogens is 352 g/mol. The van der Waals surface area contributed by atoms with Crippen molar-refractivity contribution in [3.05, 3.63) is 83.4 Å². The van der Waals surface area contributed by atoms with Crippen molar-refractivity contribution in [2.24, 2.45) is 0 Å². The molecule has 0 aliphatic heterocycles. The number of benzene rings is 3. The fraction of sp³-hybridized carbons (Fsp3) is 0.130. The molecule has 5 nitrogen and oxygen atoms in total. The van der Waals surface area contributed by atoms with Crippen LogP contribution in [0.5, 0.6) is 5.75 Å². The highest BCUT2D eigenvalue weighted by Crippen LogP contribution is 2.24. The van der Waals surface area contributed by atoms with Gasteiger partial charge in [-0.05, 0) is 55.0 Å². The molecule has 0 unspecified atom stereocenters. The van der Waals surface area contributed by atoms with Gasteiger partial charge < -0.3 is 14.5 Å². The highest BCUT2D eigenvalue weighted by atomic mass is 16.5. The number of aromatic nitrogens is 2. The molecule has 1 heterocycles. The van der Waals surface area contributed by atoms with Crippen LogP contribution in [0.2, 0.25) is 0 Å². The summed E-state index contributed by atoms with van der Waals surface area (Å²) in [5.74, 6) is 1.17. The first-order valence-electron chi connectivity index (χ1n) is 8.99. The fourth-order valence-electron chi connectivity index (χ4n) is 2.95. The lowest BCUT2D eigenvalue weighted by Crippen LogP contribution is -2.00. The maximum Gasteiger partial charge on any atom is 0.337 e. The number of imidazole rings is 1. The van der Waals surface area contributed by atoms with Crippen molar-refractivity contribution in [2.75, 3.05) is 7.11 Å². The molecule has 0 aliphatic carbocycles. The zero-order valence-electron chi connectivity index (χ0n) is 15.7. The van der Waals surface area contributed by atoms with Crippen LogP contribution in [0.1, 0.15) is 21.5 Å². The summed E-state index contributed by atoms with van der Waals surface area (Å²) in [6, 6.07) is 21.3. The number of H-pyrrole nitrogens is 1. The molecule has 0 saturated carbocycles. The van der Waals surface area contributed by atoms with Gasteiger partial charge in [-0.15, -0.1) is 0 Å². The van der Waals surface area contributed by atoms with Gasteiger partial charge in [0.05, 0.1) is 23.7 Å². The number of hydrogen-bond acceptors (Lipinski definition) is 4. The lowest BCUT2D eigenvalue weighted by atomic mass is 10.2. The van der Waals surface area contributed by atoms with Gasteiger partial charge in [0.15, 0.2) is 0 Å². The van der Waals surface area contributed by atoms with Crippen LogP contribution in [0.15, 0.2) is 66.7 Å². The molecule has 0 bridgehead atoms. The minimum atomic E-state index is -0.367. The van der Waals surface area contributed by atoms with Crippen molar-refractivity contribution in [1.29, 1.82) is 0 Å². The van der Waals surface area contributed by atoms with Gasteiger partial charge in [-0.3, -0.25) is 0 Å². The predicted octanol–water partition coefficient (Wildman–Crippen LogP) is 4.90. The molecule has 1 N–H and O–H groups in total. The number of nitrogens with one attached hydrogen (secondary N) is 1. The third kappa shape index (κ3) is 3.74. The van der Waals surface area contributed by atoms with Gasteiger partial charge in [-0.2, -0.15) is 0 Å². The second kappa shape index (κ2) is 7.56. The van der Waals surface area contributed by atoms with Crippen LogP contribution in [0.3, 0.4) is 0 Å². The lowest BCUT2D eigenvalue weighted by molar-refractivity contribution is 0.0601. The number of ether oxygens (including phenoxy) is 2. The van der Waals surface area contributed by atoms with Crippen LogP contribution >= 0.6 is 0 Å². The Morgan fingerprint density at radius 2 is 1.75 bits per heavy atom. The van der Waals surface area contributed by atoms with E-state index in [1.165, 1.54) is 12.7 Å².